The lowest BCUT2D eigenvalue weighted by molar-refractivity contribution is 0.0760. The lowest BCUT2D eigenvalue weighted by Gasteiger charge is -2.22. The molecule has 3 aromatic rings. The number of nitrogens with one attached hydrogen (secondary N) is 1. The van der Waals surface area contributed by atoms with Crippen molar-refractivity contribution in [2.45, 2.75) is 19.8 Å². The van der Waals surface area contributed by atoms with Gasteiger partial charge in [0, 0.05) is 25.7 Å². The molecule has 2 aliphatic heterocycles. The Hall–Kier alpha value is -2.73. The average Bonchev–Trinajstić information content (AvgIpc) is 3.25. The number of benzene rings is 1. The van der Waals surface area contributed by atoms with Gasteiger partial charge in [-0.15, -0.1) is 0 Å². The first kappa shape index (κ1) is 18.3. The van der Waals surface area contributed by atoms with Gasteiger partial charge >= 0.3 is 0 Å². The highest BCUT2D eigenvalue weighted by molar-refractivity contribution is 6.07. The van der Waals surface area contributed by atoms with Gasteiger partial charge in [-0.25, -0.2) is 4.98 Å². The van der Waals surface area contributed by atoms with Crippen molar-refractivity contribution in [3.8, 4) is 11.3 Å². The van der Waals surface area contributed by atoms with Crippen molar-refractivity contribution >= 4 is 16.9 Å². The predicted octanol–water partition coefficient (Wildman–Crippen LogP) is 3.02. The van der Waals surface area contributed by atoms with E-state index in [1.54, 1.807) is 4.68 Å². The number of likely N-dealkylation sites (tertiary alicyclic amines) is 1. The maximum absolute atomic E-state index is 13.7. The second-order valence-corrected chi connectivity index (χ2v) is 8.38. The number of rotatable bonds is 2. The standard InChI is InChI=1S/C23H27N5O/c1-15-21-19(23(29)28-10-8-17-13-24-14-18(17)9-11-28)12-20(16-6-4-3-5-7-16)25-22(21)27(2)26-15/h3-7,12,17-18,24H,8-11,13-14H2,1-2H3/t17-,18+. The predicted molar refractivity (Wildman–Crippen MR) is 114 cm³/mol. The fourth-order valence-corrected chi connectivity index (χ4v) is 4.96. The Kier molecular flexibility index (Phi) is 4.59. The number of aryl methyl sites for hydroxylation is 2. The fourth-order valence-electron chi connectivity index (χ4n) is 4.96. The van der Waals surface area contributed by atoms with Crippen molar-refractivity contribution < 1.29 is 4.79 Å². The van der Waals surface area contributed by atoms with Gasteiger partial charge in [-0.05, 0) is 50.8 Å². The van der Waals surface area contributed by atoms with E-state index in [9.17, 15) is 4.79 Å². The Morgan fingerprint density at radius 1 is 1.10 bits per heavy atom. The summed E-state index contributed by atoms with van der Waals surface area (Å²) in [5.74, 6) is 1.51. The highest BCUT2D eigenvalue weighted by Gasteiger charge is 2.32. The van der Waals surface area contributed by atoms with Crippen LogP contribution in [0, 0.1) is 18.8 Å². The molecule has 0 spiro atoms. The summed E-state index contributed by atoms with van der Waals surface area (Å²) < 4.78 is 1.78. The van der Waals surface area contributed by atoms with Gasteiger partial charge in [0.1, 0.15) is 0 Å². The molecule has 1 N–H and O–H groups in total. The highest BCUT2D eigenvalue weighted by atomic mass is 16.2. The number of aromatic nitrogens is 3. The number of amides is 1. The molecule has 2 aliphatic rings. The van der Waals surface area contributed by atoms with Crippen LogP contribution < -0.4 is 5.32 Å². The maximum atomic E-state index is 13.7. The molecule has 6 nitrogen and oxygen atoms in total. The lowest BCUT2D eigenvalue weighted by Crippen LogP contribution is -2.33. The van der Waals surface area contributed by atoms with Gasteiger partial charge in [-0.3, -0.25) is 9.48 Å². The molecule has 0 unspecified atom stereocenters. The zero-order chi connectivity index (χ0) is 20.0. The first-order valence-electron chi connectivity index (χ1n) is 10.5. The highest BCUT2D eigenvalue weighted by Crippen LogP contribution is 2.31. The third-order valence-corrected chi connectivity index (χ3v) is 6.58. The van der Waals surface area contributed by atoms with E-state index in [-0.39, 0.29) is 5.91 Å². The molecule has 4 heterocycles. The first-order valence-corrected chi connectivity index (χ1v) is 10.5. The Bertz CT molecular complexity index is 1040. The van der Waals surface area contributed by atoms with Crippen molar-refractivity contribution in [1.82, 2.24) is 25.0 Å². The summed E-state index contributed by atoms with van der Waals surface area (Å²) in [6, 6.07) is 12.0. The van der Waals surface area contributed by atoms with Crippen molar-refractivity contribution in [2.24, 2.45) is 18.9 Å². The van der Waals surface area contributed by atoms with E-state index in [0.717, 1.165) is 72.6 Å². The van der Waals surface area contributed by atoms with Crippen LogP contribution in [-0.2, 0) is 7.05 Å². The van der Waals surface area contributed by atoms with Gasteiger partial charge in [-0.2, -0.15) is 5.10 Å². The minimum atomic E-state index is 0.110. The quantitative estimate of drug-likeness (QED) is 0.732. The molecular formula is C23H27N5O. The smallest absolute Gasteiger partial charge is 0.254 e. The Morgan fingerprint density at radius 3 is 2.48 bits per heavy atom. The summed E-state index contributed by atoms with van der Waals surface area (Å²) in [7, 11) is 1.89. The largest absolute Gasteiger partial charge is 0.339 e. The molecule has 0 radical (unpaired) electrons. The molecular weight excluding hydrogens is 362 g/mol. The third kappa shape index (κ3) is 3.21. The van der Waals surface area contributed by atoms with Gasteiger partial charge in [0.25, 0.3) is 5.91 Å². The average molecular weight is 390 g/mol. The molecule has 0 bridgehead atoms. The van der Waals surface area contributed by atoms with Crippen LogP contribution in [-0.4, -0.2) is 51.8 Å². The van der Waals surface area contributed by atoms with Crippen molar-refractivity contribution in [1.29, 1.82) is 0 Å². The van der Waals surface area contributed by atoms with Gasteiger partial charge in [0.15, 0.2) is 5.65 Å². The molecule has 2 aromatic heterocycles. The Labute approximate surface area is 170 Å². The van der Waals surface area contributed by atoms with Crippen LogP contribution in [0.5, 0.6) is 0 Å². The lowest BCUT2D eigenvalue weighted by atomic mass is 9.92. The number of fused-ring (bicyclic) bond motifs is 2. The van der Waals surface area contributed by atoms with Gasteiger partial charge in [-0.1, -0.05) is 30.3 Å². The molecule has 2 fully saturated rings. The van der Waals surface area contributed by atoms with Crippen LogP contribution in [0.15, 0.2) is 36.4 Å². The molecule has 2 saturated heterocycles. The van der Waals surface area contributed by atoms with Gasteiger partial charge < -0.3 is 10.2 Å². The number of nitrogens with zero attached hydrogens (tertiary/aromatic N) is 4. The van der Waals surface area contributed by atoms with Crippen molar-refractivity contribution in [2.75, 3.05) is 26.2 Å². The van der Waals surface area contributed by atoms with Gasteiger partial charge in [0.2, 0.25) is 0 Å². The number of hydrogen-bond acceptors (Lipinski definition) is 4. The number of carbonyl (C=O) groups is 1. The first-order chi connectivity index (χ1) is 14.1. The van der Waals surface area contributed by atoms with E-state index in [4.69, 9.17) is 4.98 Å². The summed E-state index contributed by atoms with van der Waals surface area (Å²) in [5.41, 5.74) is 4.18. The van der Waals surface area contributed by atoms with E-state index >= 15 is 0 Å². The van der Waals surface area contributed by atoms with Crippen LogP contribution in [0.25, 0.3) is 22.3 Å². The summed E-state index contributed by atoms with van der Waals surface area (Å²) >= 11 is 0. The van der Waals surface area contributed by atoms with Crippen LogP contribution in [0.1, 0.15) is 28.9 Å². The van der Waals surface area contributed by atoms with Crippen molar-refractivity contribution in [3.63, 3.8) is 0 Å². The van der Waals surface area contributed by atoms with Crippen molar-refractivity contribution in [3.05, 3.63) is 47.7 Å². The third-order valence-electron chi connectivity index (χ3n) is 6.58. The van der Waals surface area contributed by atoms with Crippen LogP contribution >= 0.6 is 0 Å². The summed E-state index contributed by atoms with van der Waals surface area (Å²) in [5, 5.41) is 8.94. The summed E-state index contributed by atoms with van der Waals surface area (Å²) in [6.45, 7) is 5.79. The van der Waals surface area contributed by atoms with Crippen LogP contribution in [0.2, 0.25) is 0 Å². The minimum absolute atomic E-state index is 0.110. The molecule has 1 aromatic carbocycles. The number of pyridine rings is 1. The van der Waals surface area contributed by atoms with Crippen LogP contribution in [0.4, 0.5) is 0 Å². The second-order valence-electron chi connectivity index (χ2n) is 8.38. The molecule has 5 rings (SSSR count). The molecule has 0 aliphatic carbocycles. The number of hydrogen-bond donors (Lipinski definition) is 1. The molecule has 29 heavy (non-hydrogen) atoms. The molecule has 6 heteroatoms. The Balaban J connectivity index is 1.57. The SMILES string of the molecule is Cc1nn(C)c2nc(-c3ccccc3)cc(C(=O)N3CC[C@@H]4CNC[C@@H]4CC3)c12. The van der Waals surface area contributed by atoms with Crippen LogP contribution in [0.3, 0.4) is 0 Å². The molecule has 2 atom stereocenters. The molecule has 150 valence electrons. The van der Waals surface area contributed by atoms with E-state index < -0.39 is 0 Å². The molecule has 0 saturated carbocycles. The normalized spacial score (nSPS) is 21.9. The summed E-state index contributed by atoms with van der Waals surface area (Å²) in [4.78, 5) is 20.6. The zero-order valence-corrected chi connectivity index (χ0v) is 17.1. The Morgan fingerprint density at radius 2 is 1.79 bits per heavy atom. The minimum Gasteiger partial charge on any atom is -0.339 e. The van der Waals surface area contributed by atoms with Gasteiger partial charge in [0.05, 0.1) is 22.3 Å². The summed E-state index contributed by atoms with van der Waals surface area (Å²) in [6.07, 6.45) is 2.16. The topological polar surface area (TPSA) is 63.1 Å². The second kappa shape index (κ2) is 7.26. The number of carbonyl (C=O) groups excluding carboxylic acids is 1. The fraction of sp³-hybridized carbons (Fsp3) is 0.435. The monoisotopic (exact) mass is 389 g/mol. The van der Waals surface area contributed by atoms with E-state index in [1.165, 1.54) is 0 Å². The maximum Gasteiger partial charge on any atom is 0.254 e. The molecule has 1 amide bonds. The van der Waals surface area contributed by atoms with E-state index in [0.29, 0.717) is 11.8 Å². The van der Waals surface area contributed by atoms with E-state index in [2.05, 4.69) is 10.4 Å². The zero-order valence-electron chi connectivity index (χ0n) is 17.1. The van der Waals surface area contributed by atoms with E-state index in [1.807, 2.05) is 55.3 Å².